The van der Waals surface area contributed by atoms with Crippen LogP contribution in [0.3, 0.4) is 0 Å². The molecule has 0 saturated carbocycles. The Bertz CT molecular complexity index is 257. The van der Waals surface area contributed by atoms with Crippen LogP contribution in [-0.2, 0) is 13.1 Å². The summed E-state index contributed by atoms with van der Waals surface area (Å²) in [5.41, 5.74) is 4.39. The summed E-state index contributed by atoms with van der Waals surface area (Å²) in [7, 11) is 1.38. The van der Waals surface area contributed by atoms with Crippen LogP contribution in [0.1, 0.15) is 34.6 Å². The van der Waals surface area contributed by atoms with Gasteiger partial charge in [0.25, 0.3) is 6.79 Å². The zero-order valence-corrected chi connectivity index (χ0v) is 14.9. The van der Waals surface area contributed by atoms with Crippen molar-refractivity contribution in [2.24, 2.45) is 5.41 Å². The van der Waals surface area contributed by atoms with Crippen molar-refractivity contribution in [3.05, 3.63) is 22.8 Å². The molecule has 15 heavy (non-hydrogen) atoms. The van der Waals surface area contributed by atoms with E-state index in [0.29, 0.717) is 0 Å². The molecular formula is C11H15CoI2O. The molecule has 0 aromatic rings. The molecule has 0 amide bonds. The summed E-state index contributed by atoms with van der Waals surface area (Å²) in [4.78, 5) is 7.50. The van der Waals surface area contributed by atoms with Gasteiger partial charge in [-0.05, 0) is 0 Å². The van der Waals surface area contributed by atoms with Crippen molar-refractivity contribution in [1.82, 2.24) is 0 Å². The average molecular weight is 476 g/mol. The molecule has 0 saturated heterocycles. The van der Waals surface area contributed by atoms with E-state index < -0.39 is 0 Å². The third-order valence-electron chi connectivity index (χ3n) is 2.56. The molecule has 0 heterocycles. The SMILES string of the molecule is CC1=[C-]C(C)(C)C(C)=C1C.[C]=O.[I][Co+][I]. The van der Waals surface area contributed by atoms with Crippen LogP contribution >= 0.6 is 40.8 Å². The van der Waals surface area contributed by atoms with Gasteiger partial charge in [0.15, 0.2) is 0 Å². The van der Waals surface area contributed by atoms with E-state index in [0.717, 1.165) is 0 Å². The average Bonchev–Trinajstić information content (AvgIpc) is 2.34. The van der Waals surface area contributed by atoms with Crippen LogP contribution in [0.25, 0.3) is 0 Å². The van der Waals surface area contributed by atoms with Gasteiger partial charge in [-0.25, -0.2) is 5.57 Å². The number of rotatable bonds is 0. The number of carbonyl (C=O) groups excluding carboxylic acids is 1. The van der Waals surface area contributed by atoms with Crippen molar-refractivity contribution in [3.8, 4) is 0 Å². The monoisotopic (exact) mass is 476 g/mol. The summed E-state index contributed by atoms with van der Waals surface area (Å²) >= 11 is 4.49. The first kappa shape index (κ1) is 18.5. The molecule has 0 atom stereocenters. The summed E-state index contributed by atoms with van der Waals surface area (Å²) in [6.07, 6.45) is 3.44. The minimum atomic E-state index is 0.189. The van der Waals surface area contributed by atoms with Crippen LogP contribution in [0.4, 0.5) is 0 Å². The fraction of sp³-hybridized carbons (Fsp3) is 0.545. The first-order valence-electron chi connectivity index (χ1n) is 4.21. The summed E-state index contributed by atoms with van der Waals surface area (Å²) in [6.45, 7) is 15.4. The first-order valence-corrected chi connectivity index (χ1v) is 10.9. The van der Waals surface area contributed by atoms with Gasteiger partial charge in [0.1, 0.15) is 0 Å². The fourth-order valence-electron chi connectivity index (χ4n) is 1.41. The zero-order chi connectivity index (χ0) is 12.6. The molecule has 0 unspecified atom stereocenters. The van der Waals surface area contributed by atoms with Crippen LogP contribution in [0.2, 0.25) is 0 Å². The fourth-order valence-corrected chi connectivity index (χ4v) is 1.41. The number of hydrogen-bond acceptors (Lipinski definition) is 1. The standard InChI is InChI=1S/C10H15.CO.Co.2HI/c1-7-6-10(4,5)9(3)8(7)2;1-2;;;/h1-5H3;;;2*1H/q-1;;+3;;/p-2. The van der Waals surface area contributed by atoms with E-state index in [1.165, 1.54) is 25.0 Å². The van der Waals surface area contributed by atoms with Gasteiger partial charge >= 0.3 is 49.1 Å². The Hall–Kier alpha value is 1.12. The Morgan fingerprint density at radius 3 is 1.60 bits per heavy atom. The molecule has 2 radical (unpaired) electrons. The van der Waals surface area contributed by atoms with E-state index in [-0.39, 0.29) is 5.41 Å². The molecule has 0 N–H and O–H groups in total. The molecule has 1 rings (SSSR count). The van der Waals surface area contributed by atoms with Crippen molar-refractivity contribution < 1.29 is 13.1 Å². The Morgan fingerprint density at radius 1 is 1.20 bits per heavy atom. The van der Waals surface area contributed by atoms with Crippen LogP contribution in [-0.4, -0.2) is 6.79 Å². The van der Waals surface area contributed by atoms with E-state index in [4.69, 9.17) is 4.79 Å². The van der Waals surface area contributed by atoms with Crippen molar-refractivity contribution in [1.29, 1.82) is 0 Å². The molecule has 0 bridgehead atoms. The third kappa shape index (κ3) is 6.43. The Labute approximate surface area is 122 Å². The Morgan fingerprint density at radius 2 is 1.53 bits per heavy atom. The predicted molar refractivity (Wildman–Crippen MR) is 78.3 cm³/mol. The second-order valence-corrected chi connectivity index (χ2v) is 12.5. The molecule has 0 fully saturated rings. The number of hydrogen-bond donors (Lipinski definition) is 0. The number of halogens is 2. The van der Waals surface area contributed by atoms with Gasteiger partial charge in [-0.15, -0.1) is 6.92 Å². The maximum atomic E-state index is 7.50. The van der Waals surface area contributed by atoms with Crippen molar-refractivity contribution in [2.45, 2.75) is 34.6 Å². The molecule has 0 aliphatic heterocycles. The van der Waals surface area contributed by atoms with E-state index in [1.54, 1.807) is 0 Å². The molecule has 0 aromatic heterocycles. The summed E-state index contributed by atoms with van der Waals surface area (Å²) < 4.78 is 0. The van der Waals surface area contributed by atoms with Gasteiger partial charge in [-0.1, -0.05) is 33.1 Å². The van der Waals surface area contributed by atoms with Gasteiger partial charge in [-0.2, -0.15) is 11.1 Å². The molecule has 88 valence electrons. The molecular weight excluding hydrogens is 461 g/mol. The molecule has 1 aliphatic carbocycles. The van der Waals surface area contributed by atoms with E-state index >= 15 is 0 Å². The van der Waals surface area contributed by atoms with Gasteiger partial charge in [0, 0.05) is 0 Å². The van der Waals surface area contributed by atoms with Crippen LogP contribution in [0, 0.1) is 11.5 Å². The van der Waals surface area contributed by atoms with Crippen LogP contribution < -0.4 is 0 Å². The summed E-state index contributed by atoms with van der Waals surface area (Å²) in [5.74, 6) is 0. The van der Waals surface area contributed by atoms with Crippen molar-refractivity contribution >= 4 is 47.6 Å². The minimum absolute atomic E-state index is 0.189. The van der Waals surface area contributed by atoms with Crippen molar-refractivity contribution in [2.75, 3.05) is 0 Å². The Balaban J connectivity index is 0. The van der Waals surface area contributed by atoms with E-state index in [2.05, 4.69) is 88.3 Å². The molecule has 4 heteroatoms. The second-order valence-electron chi connectivity index (χ2n) is 3.67. The normalized spacial score (nSPS) is 17.4. The topological polar surface area (TPSA) is 17.1 Å². The predicted octanol–water partition coefficient (Wildman–Crippen LogP) is 4.48. The van der Waals surface area contributed by atoms with Crippen molar-refractivity contribution in [3.63, 3.8) is 0 Å². The third-order valence-corrected chi connectivity index (χ3v) is 2.56. The van der Waals surface area contributed by atoms with Gasteiger partial charge in [0.2, 0.25) is 0 Å². The van der Waals surface area contributed by atoms with Gasteiger partial charge in [0.05, 0.1) is 0 Å². The first-order chi connectivity index (χ1) is 6.86. The zero-order valence-electron chi connectivity index (χ0n) is 9.50. The number of allylic oxidation sites excluding steroid dienone is 4. The Kier molecular flexibility index (Phi) is 11.3. The van der Waals surface area contributed by atoms with Gasteiger partial charge in [-0.3, -0.25) is 10.9 Å². The second kappa shape index (κ2) is 9.18. The molecule has 0 aromatic carbocycles. The van der Waals surface area contributed by atoms with Gasteiger partial charge < -0.3 is 0 Å². The molecule has 0 spiro atoms. The summed E-state index contributed by atoms with van der Waals surface area (Å²) in [5, 5.41) is 0. The van der Waals surface area contributed by atoms with E-state index in [9.17, 15) is 0 Å². The van der Waals surface area contributed by atoms with Crippen LogP contribution in [0.5, 0.6) is 0 Å². The molecule has 1 nitrogen and oxygen atoms in total. The van der Waals surface area contributed by atoms with Crippen LogP contribution in [0.15, 0.2) is 16.7 Å². The summed E-state index contributed by atoms with van der Waals surface area (Å²) in [6, 6.07) is 0. The quantitative estimate of drug-likeness (QED) is 0.373. The molecule has 1 aliphatic rings. The maximum absolute atomic E-state index is 7.50. The van der Waals surface area contributed by atoms with E-state index in [1.807, 2.05) is 0 Å².